The lowest BCUT2D eigenvalue weighted by atomic mass is 9.90. The predicted octanol–water partition coefficient (Wildman–Crippen LogP) is 5.04. The first kappa shape index (κ1) is 13.1. The van der Waals surface area contributed by atoms with Crippen molar-refractivity contribution in [2.75, 3.05) is 0 Å². The average Bonchev–Trinajstić information content (AvgIpc) is 2.28. The van der Waals surface area contributed by atoms with Crippen LogP contribution in [0.15, 0.2) is 18.2 Å². The van der Waals surface area contributed by atoms with Crippen molar-refractivity contribution in [2.45, 2.75) is 51.9 Å². The van der Waals surface area contributed by atoms with Gasteiger partial charge in [0.2, 0.25) is 0 Å². The highest BCUT2D eigenvalue weighted by atomic mass is 19.1. The van der Waals surface area contributed by atoms with E-state index in [4.69, 9.17) is 0 Å². The van der Waals surface area contributed by atoms with Gasteiger partial charge in [0, 0.05) is 0 Å². The van der Waals surface area contributed by atoms with Gasteiger partial charge in [-0.2, -0.15) is 0 Å². The van der Waals surface area contributed by atoms with Crippen molar-refractivity contribution in [3.05, 3.63) is 35.4 Å². The lowest BCUT2D eigenvalue weighted by Crippen LogP contribution is -2.01. The van der Waals surface area contributed by atoms with Crippen molar-refractivity contribution < 1.29 is 8.78 Å². The number of hydrogen-bond donors (Lipinski definition) is 0. The molecule has 0 nitrogen and oxygen atoms in total. The fourth-order valence-electron chi connectivity index (χ4n) is 2.05. The molecule has 0 aliphatic rings. The molecule has 1 atom stereocenters. The molecule has 0 heterocycles. The van der Waals surface area contributed by atoms with Crippen LogP contribution in [0.1, 0.15) is 57.4 Å². The Balaban J connectivity index is 2.73. The second-order valence-corrected chi connectivity index (χ2v) is 4.27. The summed E-state index contributed by atoms with van der Waals surface area (Å²) in [6.45, 7) is 4.17. The molecule has 0 saturated heterocycles. The molecule has 0 amide bonds. The van der Waals surface area contributed by atoms with Gasteiger partial charge in [0.25, 0.3) is 0 Å². The van der Waals surface area contributed by atoms with Gasteiger partial charge in [0.1, 0.15) is 11.6 Å². The number of unbranched alkanes of at least 4 members (excludes halogenated alkanes) is 2. The monoisotopic (exact) mass is 226 g/mol. The van der Waals surface area contributed by atoms with E-state index >= 15 is 0 Å². The van der Waals surface area contributed by atoms with Crippen molar-refractivity contribution in [3.8, 4) is 0 Å². The Kier molecular flexibility index (Phi) is 5.44. The third-order valence-corrected chi connectivity index (χ3v) is 3.05. The zero-order valence-electron chi connectivity index (χ0n) is 10.1. The summed E-state index contributed by atoms with van der Waals surface area (Å²) >= 11 is 0. The zero-order valence-corrected chi connectivity index (χ0v) is 10.1. The highest BCUT2D eigenvalue weighted by Crippen LogP contribution is 2.28. The Hall–Kier alpha value is -0.920. The van der Waals surface area contributed by atoms with Gasteiger partial charge in [0.05, 0.1) is 0 Å². The molecule has 2 heteroatoms. The SMILES string of the molecule is CCCCCC(CC)c1cc(F)ccc1F. The van der Waals surface area contributed by atoms with Gasteiger partial charge in [-0.05, 0) is 42.5 Å². The molecule has 0 aliphatic carbocycles. The maximum Gasteiger partial charge on any atom is 0.126 e. The largest absolute Gasteiger partial charge is 0.207 e. The molecule has 0 spiro atoms. The summed E-state index contributed by atoms with van der Waals surface area (Å²) in [5, 5.41) is 0. The summed E-state index contributed by atoms with van der Waals surface area (Å²) in [6, 6.07) is 3.75. The number of hydrogen-bond acceptors (Lipinski definition) is 0. The molecule has 0 aromatic heterocycles. The number of rotatable bonds is 6. The Morgan fingerprint density at radius 2 is 1.88 bits per heavy atom. The first-order valence-electron chi connectivity index (χ1n) is 6.14. The molecule has 1 unspecified atom stereocenters. The van der Waals surface area contributed by atoms with Crippen molar-refractivity contribution in [1.82, 2.24) is 0 Å². The van der Waals surface area contributed by atoms with E-state index in [2.05, 4.69) is 6.92 Å². The van der Waals surface area contributed by atoms with Gasteiger partial charge in [-0.15, -0.1) is 0 Å². The minimum Gasteiger partial charge on any atom is -0.207 e. The van der Waals surface area contributed by atoms with E-state index in [0.29, 0.717) is 5.56 Å². The third-order valence-electron chi connectivity index (χ3n) is 3.05. The Morgan fingerprint density at radius 1 is 1.12 bits per heavy atom. The van der Waals surface area contributed by atoms with Gasteiger partial charge in [-0.25, -0.2) is 8.78 Å². The molecular formula is C14H20F2. The molecule has 0 N–H and O–H groups in total. The van der Waals surface area contributed by atoms with E-state index in [0.717, 1.165) is 32.1 Å². The first-order valence-corrected chi connectivity index (χ1v) is 6.14. The smallest absolute Gasteiger partial charge is 0.126 e. The van der Waals surface area contributed by atoms with Crippen LogP contribution in [0.3, 0.4) is 0 Å². The van der Waals surface area contributed by atoms with E-state index in [9.17, 15) is 8.78 Å². The van der Waals surface area contributed by atoms with Crippen LogP contribution in [0.4, 0.5) is 8.78 Å². The molecule has 0 bridgehead atoms. The number of halogens is 2. The van der Waals surface area contributed by atoms with Crippen LogP contribution in [0, 0.1) is 11.6 Å². The summed E-state index contributed by atoms with van der Waals surface area (Å²) in [5.74, 6) is -0.461. The molecule has 0 aliphatic heterocycles. The van der Waals surface area contributed by atoms with Gasteiger partial charge in [-0.3, -0.25) is 0 Å². The highest BCUT2D eigenvalue weighted by Gasteiger charge is 2.14. The van der Waals surface area contributed by atoms with Crippen LogP contribution in [-0.2, 0) is 0 Å². The van der Waals surface area contributed by atoms with Crippen LogP contribution in [-0.4, -0.2) is 0 Å². The summed E-state index contributed by atoms with van der Waals surface area (Å²) < 4.78 is 26.6. The summed E-state index contributed by atoms with van der Waals surface area (Å²) in [4.78, 5) is 0. The Labute approximate surface area is 96.7 Å². The standard InChI is InChI=1S/C14H20F2/c1-3-5-6-7-11(4-2)13-10-12(15)8-9-14(13)16/h8-11H,3-7H2,1-2H3. The van der Waals surface area contributed by atoms with E-state index in [-0.39, 0.29) is 17.6 Å². The normalized spacial score (nSPS) is 12.8. The second kappa shape index (κ2) is 6.62. The Bertz CT molecular complexity index is 321. The van der Waals surface area contributed by atoms with Gasteiger partial charge in [0.15, 0.2) is 0 Å². The summed E-state index contributed by atoms with van der Waals surface area (Å²) in [7, 11) is 0. The quantitative estimate of drug-likeness (QED) is 0.596. The zero-order chi connectivity index (χ0) is 12.0. The van der Waals surface area contributed by atoms with E-state index < -0.39 is 0 Å². The maximum atomic E-state index is 13.5. The fourth-order valence-corrected chi connectivity index (χ4v) is 2.05. The van der Waals surface area contributed by atoms with Gasteiger partial charge >= 0.3 is 0 Å². The molecule has 0 fully saturated rings. The van der Waals surface area contributed by atoms with Crippen LogP contribution in [0.25, 0.3) is 0 Å². The molecule has 0 radical (unpaired) electrons. The molecule has 16 heavy (non-hydrogen) atoms. The first-order chi connectivity index (χ1) is 7.69. The van der Waals surface area contributed by atoms with Crippen LogP contribution < -0.4 is 0 Å². The van der Waals surface area contributed by atoms with E-state index in [1.54, 1.807) is 0 Å². The molecule has 90 valence electrons. The molecular weight excluding hydrogens is 206 g/mol. The van der Waals surface area contributed by atoms with Crippen molar-refractivity contribution in [1.29, 1.82) is 0 Å². The van der Waals surface area contributed by atoms with Crippen molar-refractivity contribution >= 4 is 0 Å². The van der Waals surface area contributed by atoms with Gasteiger partial charge in [-0.1, -0.05) is 33.1 Å². The maximum absolute atomic E-state index is 13.5. The summed E-state index contributed by atoms with van der Waals surface area (Å²) in [5.41, 5.74) is 0.540. The lowest BCUT2D eigenvalue weighted by molar-refractivity contribution is 0.510. The highest BCUT2D eigenvalue weighted by molar-refractivity contribution is 5.22. The van der Waals surface area contributed by atoms with E-state index in [1.165, 1.54) is 18.2 Å². The van der Waals surface area contributed by atoms with Crippen molar-refractivity contribution in [2.24, 2.45) is 0 Å². The minimum atomic E-state index is -0.342. The van der Waals surface area contributed by atoms with Gasteiger partial charge < -0.3 is 0 Å². The second-order valence-electron chi connectivity index (χ2n) is 4.27. The Morgan fingerprint density at radius 3 is 2.50 bits per heavy atom. The molecule has 1 aromatic carbocycles. The van der Waals surface area contributed by atoms with Crippen LogP contribution in [0.2, 0.25) is 0 Å². The molecule has 1 rings (SSSR count). The fraction of sp³-hybridized carbons (Fsp3) is 0.571. The molecule has 1 aromatic rings. The van der Waals surface area contributed by atoms with Crippen LogP contribution in [0.5, 0.6) is 0 Å². The van der Waals surface area contributed by atoms with E-state index in [1.807, 2.05) is 6.92 Å². The average molecular weight is 226 g/mol. The van der Waals surface area contributed by atoms with Crippen molar-refractivity contribution in [3.63, 3.8) is 0 Å². The number of benzene rings is 1. The minimum absolute atomic E-state index is 0.155. The lowest BCUT2D eigenvalue weighted by Gasteiger charge is -2.16. The summed E-state index contributed by atoms with van der Waals surface area (Å²) in [6.07, 6.45) is 5.22. The topological polar surface area (TPSA) is 0 Å². The van der Waals surface area contributed by atoms with Crippen LogP contribution >= 0.6 is 0 Å². The predicted molar refractivity (Wildman–Crippen MR) is 63.5 cm³/mol. The third kappa shape index (κ3) is 3.58. The molecule has 0 saturated carbocycles.